The summed E-state index contributed by atoms with van der Waals surface area (Å²) >= 11 is 0. The maximum Gasteiger partial charge on any atom is 0.220 e. The van der Waals surface area contributed by atoms with Crippen LogP contribution in [0.25, 0.3) is 0 Å². The molecule has 0 aliphatic carbocycles. The number of nitrogens with two attached hydrogens (primary N) is 1. The number of ether oxygens (including phenoxy) is 1. The predicted molar refractivity (Wildman–Crippen MR) is 49.6 cm³/mol. The first-order valence-electron chi connectivity index (χ1n) is 4.10. The highest BCUT2D eigenvalue weighted by Crippen LogP contribution is 2.16. The van der Waals surface area contributed by atoms with Crippen LogP contribution in [0, 0.1) is 0 Å². The maximum absolute atomic E-state index is 10.5. The van der Waals surface area contributed by atoms with Gasteiger partial charge < -0.3 is 15.6 Å². The largest absolute Gasteiger partial charge is 0.481 e. The molecule has 3 N–H and O–H groups in total. The number of carbonyl (C=O) groups is 1. The van der Waals surface area contributed by atoms with E-state index in [4.69, 9.17) is 10.5 Å². The van der Waals surface area contributed by atoms with Crippen LogP contribution in [0.5, 0.6) is 5.88 Å². The first-order valence-corrected chi connectivity index (χ1v) is 4.10. The van der Waals surface area contributed by atoms with Crippen molar-refractivity contribution in [1.82, 2.24) is 4.98 Å². The van der Waals surface area contributed by atoms with Crippen LogP contribution < -0.4 is 10.5 Å². The van der Waals surface area contributed by atoms with E-state index in [-0.39, 0.29) is 6.42 Å². The SMILES string of the molecule is COc1ccc([C@H](O)CC(N)=O)cn1. The number of aliphatic hydroxyl groups is 1. The third-order valence-electron chi connectivity index (χ3n) is 1.75. The Bertz CT molecular complexity index is 310. The van der Waals surface area contributed by atoms with Gasteiger partial charge in [0.1, 0.15) is 0 Å². The fourth-order valence-electron chi connectivity index (χ4n) is 1.02. The molecule has 5 heteroatoms. The minimum atomic E-state index is -0.897. The Balaban J connectivity index is 2.71. The number of hydrogen-bond acceptors (Lipinski definition) is 4. The highest BCUT2D eigenvalue weighted by atomic mass is 16.5. The molecule has 0 saturated heterocycles. The first kappa shape index (κ1) is 10.5. The van der Waals surface area contributed by atoms with Gasteiger partial charge in [-0.15, -0.1) is 0 Å². The molecule has 0 aliphatic heterocycles. The summed E-state index contributed by atoms with van der Waals surface area (Å²) in [5.74, 6) is -0.0895. The number of pyridine rings is 1. The molecular weight excluding hydrogens is 184 g/mol. The van der Waals surface area contributed by atoms with Crippen molar-refractivity contribution in [3.8, 4) is 5.88 Å². The van der Waals surface area contributed by atoms with Crippen molar-refractivity contribution in [1.29, 1.82) is 0 Å². The molecule has 1 atom stereocenters. The zero-order valence-electron chi connectivity index (χ0n) is 7.80. The minimum absolute atomic E-state index is 0.103. The molecule has 1 rings (SSSR count). The zero-order valence-corrected chi connectivity index (χ0v) is 7.80. The topological polar surface area (TPSA) is 85.4 Å². The Labute approximate surface area is 81.5 Å². The van der Waals surface area contributed by atoms with Gasteiger partial charge in [-0.2, -0.15) is 0 Å². The fourth-order valence-corrected chi connectivity index (χ4v) is 1.02. The van der Waals surface area contributed by atoms with E-state index < -0.39 is 12.0 Å². The molecule has 1 aromatic rings. The lowest BCUT2D eigenvalue weighted by Gasteiger charge is -2.08. The number of hydrogen-bond donors (Lipinski definition) is 2. The summed E-state index contributed by atoms with van der Waals surface area (Å²) in [5.41, 5.74) is 5.49. The molecule has 0 spiro atoms. The van der Waals surface area contributed by atoms with Gasteiger partial charge in [0.25, 0.3) is 0 Å². The molecule has 0 bridgehead atoms. The molecule has 0 saturated carbocycles. The summed E-state index contributed by atoms with van der Waals surface area (Å²) in [6.45, 7) is 0. The molecule has 1 amide bonds. The third-order valence-corrected chi connectivity index (χ3v) is 1.75. The Kier molecular flexibility index (Phi) is 3.41. The normalized spacial score (nSPS) is 12.1. The van der Waals surface area contributed by atoms with Crippen molar-refractivity contribution < 1.29 is 14.6 Å². The first-order chi connectivity index (χ1) is 6.63. The lowest BCUT2D eigenvalue weighted by Crippen LogP contribution is -2.15. The monoisotopic (exact) mass is 196 g/mol. The number of methoxy groups -OCH3 is 1. The number of amides is 1. The van der Waals surface area contributed by atoms with E-state index in [1.54, 1.807) is 12.1 Å². The van der Waals surface area contributed by atoms with Crippen molar-refractivity contribution in [3.63, 3.8) is 0 Å². The van der Waals surface area contributed by atoms with Crippen molar-refractivity contribution in [2.75, 3.05) is 7.11 Å². The lowest BCUT2D eigenvalue weighted by molar-refractivity contribution is -0.119. The van der Waals surface area contributed by atoms with Crippen LogP contribution in [-0.2, 0) is 4.79 Å². The summed E-state index contributed by atoms with van der Waals surface area (Å²) in [6.07, 6.45) is 0.450. The molecule has 76 valence electrons. The van der Waals surface area contributed by atoms with Crippen LogP contribution in [0.15, 0.2) is 18.3 Å². The molecular formula is C9H12N2O3. The molecule has 1 aromatic heterocycles. The van der Waals surface area contributed by atoms with Gasteiger partial charge in [0.05, 0.1) is 19.6 Å². The number of rotatable bonds is 4. The van der Waals surface area contributed by atoms with Crippen LogP contribution >= 0.6 is 0 Å². The van der Waals surface area contributed by atoms with Gasteiger partial charge in [-0.05, 0) is 11.6 Å². The Hall–Kier alpha value is -1.62. The van der Waals surface area contributed by atoms with Gasteiger partial charge in [-0.1, -0.05) is 0 Å². The smallest absolute Gasteiger partial charge is 0.220 e. The minimum Gasteiger partial charge on any atom is -0.481 e. The number of nitrogens with zero attached hydrogens (tertiary/aromatic N) is 1. The molecule has 0 radical (unpaired) electrons. The van der Waals surface area contributed by atoms with Crippen molar-refractivity contribution >= 4 is 5.91 Å². The van der Waals surface area contributed by atoms with Crippen LogP contribution in [0.4, 0.5) is 0 Å². The highest BCUT2D eigenvalue weighted by Gasteiger charge is 2.10. The average molecular weight is 196 g/mol. The molecule has 5 nitrogen and oxygen atoms in total. The second kappa shape index (κ2) is 4.57. The standard InChI is InChI=1S/C9H12N2O3/c1-14-9-3-2-6(5-11-9)7(12)4-8(10)13/h2-3,5,7,12H,4H2,1H3,(H2,10,13)/t7-/m1/s1. The summed E-state index contributed by atoms with van der Waals surface area (Å²) in [7, 11) is 1.50. The number of carbonyl (C=O) groups excluding carboxylic acids is 1. The second-order valence-electron chi connectivity index (χ2n) is 2.82. The number of aromatic nitrogens is 1. The predicted octanol–water partition coefficient (Wildman–Crippen LogP) is -0.00100. The fraction of sp³-hybridized carbons (Fsp3) is 0.333. The molecule has 1 heterocycles. The average Bonchev–Trinajstić information content (AvgIpc) is 2.17. The summed E-state index contributed by atoms with van der Waals surface area (Å²) in [6, 6.07) is 3.25. The van der Waals surface area contributed by atoms with Gasteiger partial charge in [0.2, 0.25) is 11.8 Å². The van der Waals surface area contributed by atoms with E-state index in [9.17, 15) is 9.90 Å². The Morgan fingerprint density at radius 3 is 2.86 bits per heavy atom. The third kappa shape index (κ3) is 2.70. The maximum atomic E-state index is 10.5. The molecule has 0 fully saturated rings. The van der Waals surface area contributed by atoms with Crippen LogP contribution in [0.1, 0.15) is 18.1 Å². The molecule has 14 heavy (non-hydrogen) atoms. The van der Waals surface area contributed by atoms with Gasteiger partial charge in [0, 0.05) is 12.3 Å². The Morgan fingerprint density at radius 1 is 1.71 bits per heavy atom. The van der Waals surface area contributed by atoms with Gasteiger partial charge in [-0.25, -0.2) is 4.98 Å². The quantitative estimate of drug-likeness (QED) is 0.709. The van der Waals surface area contributed by atoms with E-state index in [0.29, 0.717) is 11.4 Å². The molecule has 0 aliphatic rings. The van der Waals surface area contributed by atoms with E-state index in [1.165, 1.54) is 13.3 Å². The second-order valence-corrected chi connectivity index (χ2v) is 2.82. The Morgan fingerprint density at radius 2 is 2.43 bits per heavy atom. The molecule has 0 unspecified atom stereocenters. The lowest BCUT2D eigenvalue weighted by atomic mass is 10.1. The van der Waals surface area contributed by atoms with Gasteiger partial charge in [0.15, 0.2) is 0 Å². The van der Waals surface area contributed by atoms with Crippen LogP contribution in [-0.4, -0.2) is 23.1 Å². The van der Waals surface area contributed by atoms with E-state index >= 15 is 0 Å². The summed E-state index contributed by atoms with van der Waals surface area (Å²) < 4.78 is 4.85. The van der Waals surface area contributed by atoms with Crippen molar-refractivity contribution in [3.05, 3.63) is 23.9 Å². The number of aliphatic hydroxyl groups excluding tert-OH is 1. The molecule has 0 aromatic carbocycles. The van der Waals surface area contributed by atoms with E-state index in [2.05, 4.69) is 4.98 Å². The van der Waals surface area contributed by atoms with Crippen LogP contribution in [0.3, 0.4) is 0 Å². The van der Waals surface area contributed by atoms with E-state index in [1.807, 2.05) is 0 Å². The summed E-state index contributed by atoms with van der Waals surface area (Å²) in [4.78, 5) is 14.4. The van der Waals surface area contributed by atoms with Gasteiger partial charge in [-0.3, -0.25) is 4.79 Å². The number of primary amides is 1. The van der Waals surface area contributed by atoms with Crippen molar-refractivity contribution in [2.45, 2.75) is 12.5 Å². The zero-order chi connectivity index (χ0) is 10.6. The van der Waals surface area contributed by atoms with Gasteiger partial charge >= 0.3 is 0 Å². The highest BCUT2D eigenvalue weighted by molar-refractivity contribution is 5.74. The summed E-state index contributed by atoms with van der Waals surface area (Å²) in [5, 5.41) is 9.47. The van der Waals surface area contributed by atoms with Crippen molar-refractivity contribution in [2.24, 2.45) is 5.73 Å². The van der Waals surface area contributed by atoms with E-state index in [0.717, 1.165) is 0 Å². The van der Waals surface area contributed by atoms with Crippen LogP contribution in [0.2, 0.25) is 0 Å².